The molecule has 0 saturated heterocycles. The molecule has 0 aliphatic rings. The van der Waals surface area contributed by atoms with E-state index in [4.69, 9.17) is 28.0 Å². The number of carbonyl (C=O) groups excluding carboxylic acids is 1. The smallest absolute Gasteiger partial charge is 0.394 e. The minimum absolute atomic E-state index is 0.00901. The van der Waals surface area contributed by atoms with Crippen molar-refractivity contribution in [2.45, 2.75) is 32.8 Å². The molecule has 0 spiro atoms. The largest absolute Gasteiger partial charge is 0.463 e. The molecule has 0 aliphatic heterocycles. The monoisotopic (exact) mass is 243 g/mol. The van der Waals surface area contributed by atoms with E-state index in [1.807, 2.05) is 13.8 Å². The summed E-state index contributed by atoms with van der Waals surface area (Å²) in [5.41, 5.74) is 5.20. The van der Waals surface area contributed by atoms with Crippen LogP contribution in [0.2, 0.25) is 0 Å². The maximum absolute atomic E-state index is 10.7. The van der Waals surface area contributed by atoms with Crippen molar-refractivity contribution in [3.8, 4) is 0 Å². The van der Waals surface area contributed by atoms with Gasteiger partial charge < -0.3 is 10.5 Å². The molecule has 0 fully saturated rings. The summed E-state index contributed by atoms with van der Waals surface area (Å²) in [6.45, 7) is 4.22. The Morgan fingerprint density at radius 1 is 1.40 bits per heavy atom. The minimum Gasteiger partial charge on any atom is -0.463 e. The van der Waals surface area contributed by atoms with Gasteiger partial charge in [-0.15, -0.1) is 0 Å². The molecular formula is C7H17NO6S. The van der Waals surface area contributed by atoms with Gasteiger partial charge in [0.15, 0.2) is 0 Å². The van der Waals surface area contributed by atoms with Crippen LogP contribution in [0, 0.1) is 0 Å². The summed E-state index contributed by atoms with van der Waals surface area (Å²) in [6, 6.07) is 0. The molecule has 0 aromatic heterocycles. The van der Waals surface area contributed by atoms with Gasteiger partial charge in [0, 0.05) is 6.42 Å². The van der Waals surface area contributed by atoms with Gasteiger partial charge in [0.05, 0.1) is 6.10 Å². The Kier molecular flexibility index (Phi) is 9.58. The molecule has 0 saturated carbocycles. The van der Waals surface area contributed by atoms with E-state index in [0.717, 1.165) is 0 Å². The number of rotatable bonds is 4. The lowest BCUT2D eigenvalue weighted by molar-refractivity contribution is -0.147. The molecule has 4 N–H and O–H groups in total. The van der Waals surface area contributed by atoms with Gasteiger partial charge in [0.25, 0.3) is 0 Å². The van der Waals surface area contributed by atoms with Crippen molar-refractivity contribution in [2.24, 2.45) is 5.73 Å². The minimum atomic E-state index is -4.67. The van der Waals surface area contributed by atoms with Crippen molar-refractivity contribution >= 4 is 16.4 Å². The van der Waals surface area contributed by atoms with Crippen LogP contribution < -0.4 is 5.73 Å². The molecule has 0 unspecified atom stereocenters. The fourth-order valence-electron chi connectivity index (χ4n) is 0.568. The summed E-state index contributed by atoms with van der Waals surface area (Å²) in [4.78, 5) is 10.7. The first-order valence-electron chi connectivity index (χ1n) is 4.26. The van der Waals surface area contributed by atoms with Gasteiger partial charge in [0.2, 0.25) is 0 Å². The first-order chi connectivity index (χ1) is 6.66. The number of nitrogens with two attached hydrogens (primary N) is 1. The fourth-order valence-corrected chi connectivity index (χ4v) is 0.568. The number of ether oxygens (including phenoxy) is 1. The third-order valence-corrected chi connectivity index (χ3v) is 0.952. The van der Waals surface area contributed by atoms with Crippen molar-refractivity contribution in [1.29, 1.82) is 0 Å². The van der Waals surface area contributed by atoms with Gasteiger partial charge in [-0.2, -0.15) is 8.42 Å². The van der Waals surface area contributed by atoms with E-state index in [2.05, 4.69) is 0 Å². The summed E-state index contributed by atoms with van der Waals surface area (Å²) in [6.07, 6.45) is 1.14. The fraction of sp³-hybridized carbons (Fsp3) is 0.857. The van der Waals surface area contributed by atoms with Gasteiger partial charge in [-0.25, -0.2) is 0 Å². The first kappa shape index (κ1) is 16.7. The molecule has 0 heterocycles. The second-order valence-corrected chi connectivity index (χ2v) is 3.77. The van der Waals surface area contributed by atoms with Crippen molar-refractivity contribution in [3.05, 3.63) is 0 Å². The van der Waals surface area contributed by atoms with E-state index in [0.29, 0.717) is 19.4 Å². The third kappa shape index (κ3) is 31.9. The van der Waals surface area contributed by atoms with Crippen molar-refractivity contribution < 1.29 is 27.1 Å². The summed E-state index contributed by atoms with van der Waals surface area (Å²) < 4.78 is 36.4. The molecular weight excluding hydrogens is 226 g/mol. The Hall–Kier alpha value is -0.700. The first-order valence-corrected chi connectivity index (χ1v) is 5.66. The Balaban J connectivity index is 0. The quantitative estimate of drug-likeness (QED) is 0.469. The van der Waals surface area contributed by atoms with E-state index in [9.17, 15) is 4.79 Å². The third-order valence-electron chi connectivity index (χ3n) is 0.952. The maximum atomic E-state index is 10.7. The molecule has 0 radical (unpaired) electrons. The Morgan fingerprint density at radius 3 is 2.07 bits per heavy atom. The lowest BCUT2D eigenvalue weighted by Gasteiger charge is -2.06. The van der Waals surface area contributed by atoms with E-state index >= 15 is 0 Å². The van der Waals surface area contributed by atoms with E-state index in [1.165, 1.54) is 0 Å². The molecule has 0 bridgehead atoms. The lowest BCUT2D eigenvalue weighted by Crippen LogP contribution is -2.12. The summed E-state index contributed by atoms with van der Waals surface area (Å²) >= 11 is 0. The van der Waals surface area contributed by atoms with Crippen molar-refractivity contribution in [1.82, 2.24) is 0 Å². The highest BCUT2D eigenvalue weighted by molar-refractivity contribution is 7.79. The van der Waals surface area contributed by atoms with Gasteiger partial charge in [-0.3, -0.25) is 13.9 Å². The van der Waals surface area contributed by atoms with Crippen LogP contribution in [0.4, 0.5) is 0 Å². The highest BCUT2D eigenvalue weighted by atomic mass is 32.3. The molecule has 0 aromatic rings. The van der Waals surface area contributed by atoms with Crippen LogP contribution in [0.3, 0.4) is 0 Å². The average Bonchev–Trinajstić information content (AvgIpc) is 1.96. The zero-order chi connectivity index (χ0) is 12.5. The van der Waals surface area contributed by atoms with E-state index in [1.54, 1.807) is 0 Å². The predicted octanol–water partition coefficient (Wildman–Crippen LogP) is 0.0241. The summed E-state index contributed by atoms with van der Waals surface area (Å²) in [5, 5.41) is 0. The summed E-state index contributed by atoms with van der Waals surface area (Å²) in [7, 11) is -4.67. The van der Waals surface area contributed by atoms with Gasteiger partial charge >= 0.3 is 16.4 Å². The van der Waals surface area contributed by atoms with Crippen LogP contribution in [0.5, 0.6) is 0 Å². The zero-order valence-corrected chi connectivity index (χ0v) is 9.53. The van der Waals surface area contributed by atoms with Crippen LogP contribution in [0.1, 0.15) is 26.7 Å². The Morgan fingerprint density at radius 2 is 1.80 bits per heavy atom. The maximum Gasteiger partial charge on any atom is 0.394 e. The Bertz CT molecular complexity index is 253. The Labute approximate surface area is 89.2 Å². The molecule has 0 aliphatic carbocycles. The van der Waals surface area contributed by atoms with Crippen molar-refractivity contribution in [2.75, 3.05) is 6.54 Å². The van der Waals surface area contributed by atoms with Gasteiger partial charge in [0.1, 0.15) is 0 Å². The topological polar surface area (TPSA) is 127 Å². The van der Waals surface area contributed by atoms with Crippen LogP contribution >= 0.6 is 0 Å². The van der Waals surface area contributed by atoms with Crippen LogP contribution in [0.25, 0.3) is 0 Å². The standard InChI is InChI=1S/C7H15NO2.H2O4S/c1-6(2)10-7(9)4-3-5-8;1-5(2,3)4/h6H,3-5,8H2,1-2H3;(H2,1,2,3,4). The van der Waals surface area contributed by atoms with Gasteiger partial charge in [-0.05, 0) is 26.8 Å². The number of hydrogen-bond donors (Lipinski definition) is 3. The van der Waals surface area contributed by atoms with Crippen molar-refractivity contribution in [3.63, 3.8) is 0 Å². The molecule has 7 nitrogen and oxygen atoms in total. The second-order valence-electron chi connectivity index (χ2n) is 2.88. The molecule has 0 amide bonds. The predicted molar refractivity (Wildman–Crippen MR) is 53.7 cm³/mol. The lowest BCUT2D eigenvalue weighted by atomic mass is 10.3. The summed E-state index contributed by atoms with van der Waals surface area (Å²) in [5.74, 6) is -0.152. The molecule has 92 valence electrons. The molecule has 8 heteroatoms. The molecule has 0 aromatic carbocycles. The van der Waals surface area contributed by atoms with Gasteiger partial charge in [-0.1, -0.05) is 0 Å². The highest BCUT2D eigenvalue weighted by Crippen LogP contribution is 1.94. The second kappa shape index (κ2) is 8.60. The molecule has 0 atom stereocenters. The normalized spacial score (nSPS) is 10.5. The van der Waals surface area contributed by atoms with E-state index in [-0.39, 0.29) is 12.1 Å². The number of carbonyl (C=O) groups is 1. The number of hydrogen-bond acceptors (Lipinski definition) is 5. The SMILES string of the molecule is CC(C)OC(=O)CCCN.O=S(=O)(O)O. The van der Waals surface area contributed by atoms with Crippen LogP contribution in [0.15, 0.2) is 0 Å². The highest BCUT2D eigenvalue weighted by Gasteiger charge is 2.02. The average molecular weight is 243 g/mol. The zero-order valence-electron chi connectivity index (χ0n) is 8.71. The molecule has 0 rings (SSSR count). The number of esters is 1. The van der Waals surface area contributed by atoms with Crippen LogP contribution in [-0.2, 0) is 19.9 Å². The molecule has 15 heavy (non-hydrogen) atoms. The van der Waals surface area contributed by atoms with E-state index < -0.39 is 10.4 Å². The van der Waals surface area contributed by atoms with Crippen LogP contribution in [-0.4, -0.2) is 36.1 Å².